The van der Waals surface area contributed by atoms with Gasteiger partial charge in [-0.1, -0.05) is 6.92 Å². The first-order valence-corrected chi connectivity index (χ1v) is 8.04. The number of nitrogens with two attached hydrogens (primary N) is 1. The van der Waals surface area contributed by atoms with Crippen LogP contribution in [0.1, 0.15) is 19.1 Å². The van der Waals surface area contributed by atoms with Gasteiger partial charge in [0.15, 0.2) is 0 Å². The average molecular weight is 287 g/mol. The van der Waals surface area contributed by atoms with Crippen LogP contribution < -0.4 is 10.5 Å². The van der Waals surface area contributed by atoms with E-state index in [1.54, 1.807) is 6.07 Å². The Balaban J connectivity index is 1.91. The van der Waals surface area contributed by atoms with Gasteiger partial charge in [0.2, 0.25) is 5.09 Å². The van der Waals surface area contributed by atoms with E-state index in [0.717, 1.165) is 26.1 Å². The first kappa shape index (κ1) is 14.5. The van der Waals surface area contributed by atoms with Gasteiger partial charge < -0.3 is 15.1 Å². The summed E-state index contributed by atoms with van der Waals surface area (Å²) in [4.78, 5) is 2.32. The Morgan fingerprint density at radius 1 is 1.53 bits per heavy atom. The second kappa shape index (κ2) is 6.04. The molecule has 0 amide bonds. The largest absolute Gasteiger partial charge is 0.447 e. The Labute approximate surface area is 114 Å². The van der Waals surface area contributed by atoms with Crippen molar-refractivity contribution in [3.05, 3.63) is 17.9 Å². The highest BCUT2D eigenvalue weighted by molar-refractivity contribution is 7.89. The normalized spacial score (nSPS) is 21.1. The zero-order valence-corrected chi connectivity index (χ0v) is 11.9. The van der Waals surface area contributed by atoms with E-state index < -0.39 is 10.0 Å². The number of furan rings is 1. The first-order valence-electron chi connectivity index (χ1n) is 6.56. The van der Waals surface area contributed by atoms with Crippen LogP contribution in [-0.4, -0.2) is 39.5 Å². The number of nitrogens with zero attached hydrogens (tertiary/aromatic N) is 1. The molecule has 2 heterocycles. The fourth-order valence-corrected chi connectivity index (χ4v) is 3.34. The molecule has 6 nitrogen and oxygen atoms in total. The van der Waals surface area contributed by atoms with Crippen LogP contribution >= 0.6 is 0 Å². The zero-order valence-electron chi connectivity index (χ0n) is 11.1. The first-order chi connectivity index (χ1) is 9.05. The van der Waals surface area contributed by atoms with Gasteiger partial charge in [-0.2, -0.15) is 0 Å². The molecule has 0 saturated carbocycles. The van der Waals surface area contributed by atoms with E-state index in [1.807, 2.05) is 0 Å². The van der Waals surface area contributed by atoms with Crippen LogP contribution in [-0.2, 0) is 16.6 Å². The van der Waals surface area contributed by atoms with Gasteiger partial charge in [-0.3, -0.25) is 0 Å². The summed E-state index contributed by atoms with van der Waals surface area (Å²) in [7, 11) is -3.55. The van der Waals surface area contributed by atoms with Gasteiger partial charge in [0, 0.05) is 13.1 Å². The van der Waals surface area contributed by atoms with Crippen LogP contribution in [0.5, 0.6) is 0 Å². The lowest BCUT2D eigenvalue weighted by Crippen LogP contribution is -2.30. The lowest BCUT2D eigenvalue weighted by molar-refractivity contribution is 0.341. The van der Waals surface area contributed by atoms with E-state index in [2.05, 4.69) is 16.5 Å². The number of likely N-dealkylation sites (tertiary alicyclic amines) is 1. The van der Waals surface area contributed by atoms with Crippen LogP contribution in [0, 0.1) is 5.92 Å². The van der Waals surface area contributed by atoms with Crippen LogP contribution in [0.3, 0.4) is 0 Å². The smallest absolute Gasteiger partial charge is 0.273 e. The summed E-state index contributed by atoms with van der Waals surface area (Å²) >= 11 is 0. The Hall–Kier alpha value is -0.890. The molecule has 3 N–H and O–H groups in total. The van der Waals surface area contributed by atoms with Crippen LogP contribution in [0.2, 0.25) is 0 Å². The van der Waals surface area contributed by atoms with Crippen LogP contribution in [0.4, 0.5) is 0 Å². The number of nitrogens with one attached hydrogen (secondary N) is 1. The molecular weight excluding hydrogens is 266 g/mol. The third kappa shape index (κ3) is 3.56. The maximum Gasteiger partial charge on any atom is 0.273 e. The van der Waals surface area contributed by atoms with E-state index in [-0.39, 0.29) is 11.6 Å². The summed E-state index contributed by atoms with van der Waals surface area (Å²) in [6.45, 7) is 5.78. The topological polar surface area (TPSA) is 88.6 Å². The minimum Gasteiger partial charge on any atom is -0.447 e. The molecule has 0 aliphatic carbocycles. The number of sulfonamides is 1. The number of hydrogen-bond acceptors (Lipinski definition) is 5. The molecular formula is C12H21N3O3S. The molecule has 0 spiro atoms. The summed E-state index contributed by atoms with van der Waals surface area (Å²) in [5.74, 6) is 0.845. The molecule has 0 bridgehead atoms. The average Bonchev–Trinajstić information content (AvgIpc) is 3.05. The van der Waals surface area contributed by atoms with E-state index in [1.165, 1.54) is 6.07 Å². The maximum absolute atomic E-state index is 12.0. The molecule has 1 fully saturated rings. The highest BCUT2D eigenvalue weighted by Gasteiger charge is 2.24. The van der Waals surface area contributed by atoms with Crippen molar-refractivity contribution in [3.63, 3.8) is 0 Å². The second-order valence-electron chi connectivity index (χ2n) is 4.82. The summed E-state index contributed by atoms with van der Waals surface area (Å²) in [6.07, 6.45) is 1.03. The van der Waals surface area contributed by atoms with Gasteiger partial charge >= 0.3 is 0 Å². The van der Waals surface area contributed by atoms with Crippen molar-refractivity contribution < 1.29 is 12.8 Å². The van der Waals surface area contributed by atoms with Gasteiger partial charge in [-0.15, -0.1) is 0 Å². The molecule has 7 heteroatoms. The number of hydrogen-bond donors (Lipinski definition) is 2. The summed E-state index contributed by atoms with van der Waals surface area (Å²) in [6, 6.07) is 3.03. The minimum atomic E-state index is -3.55. The van der Waals surface area contributed by atoms with Crippen molar-refractivity contribution in [2.45, 2.75) is 25.0 Å². The Kier molecular flexibility index (Phi) is 4.62. The van der Waals surface area contributed by atoms with E-state index in [4.69, 9.17) is 10.2 Å². The summed E-state index contributed by atoms with van der Waals surface area (Å²) in [5, 5.41) is -0.0571. The standard InChI is InChI=1S/C12H21N3O3S/c1-2-15-6-5-10(9-15)8-14-19(16,17)12-4-3-11(7-13)18-12/h3-4,10,14H,2,5-9,13H2,1H3. The Morgan fingerprint density at radius 2 is 2.32 bits per heavy atom. The molecule has 19 heavy (non-hydrogen) atoms. The zero-order chi connectivity index (χ0) is 13.9. The molecule has 0 aromatic carbocycles. The summed E-state index contributed by atoms with van der Waals surface area (Å²) < 4.78 is 31.8. The van der Waals surface area contributed by atoms with Gasteiger partial charge in [0.05, 0.1) is 6.54 Å². The van der Waals surface area contributed by atoms with E-state index in [0.29, 0.717) is 18.2 Å². The number of rotatable bonds is 6. The van der Waals surface area contributed by atoms with Crippen molar-refractivity contribution in [1.29, 1.82) is 0 Å². The molecule has 1 aromatic heterocycles. The van der Waals surface area contributed by atoms with Gasteiger partial charge in [-0.25, -0.2) is 13.1 Å². The quantitative estimate of drug-likeness (QED) is 0.788. The van der Waals surface area contributed by atoms with Gasteiger partial charge in [-0.05, 0) is 37.6 Å². The molecule has 1 unspecified atom stereocenters. The fourth-order valence-electron chi connectivity index (χ4n) is 2.28. The highest BCUT2D eigenvalue weighted by Crippen LogP contribution is 2.17. The van der Waals surface area contributed by atoms with Crippen molar-refractivity contribution in [2.75, 3.05) is 26.2 Å². The third-order valence-electron chi connectivity index (χ3n) is 3.48. The van der Waals surface area contributed by atoms with Crippen molar-refractivity contribution in [1.82, 2.24) is 9.62 Å². The molecule has 0 radical (unpaired) electrons. The van der Waals surface area contributed by atoms with Crippen molar-refractivity contribution in [3.8, 4) is 0 Å². The second-order valence-corrected chi connectivity index (χ2v) is 6.52. The SMILES string of the molecule is CCN1CCC(CNS(=O)(=O)c2ccc(CN)o2)C1. The lowest BCUT2D eigenvalue weighted by atomic mass is 10.1. The molecule has 1 atom stereocenters. The predicted molar refractivity (Wildman–Crippen MR) is 72.0 cm³/mol. The Bertz CT molecular complexity index is 512. The third-order valence-corrected chi connectivity index (χ3v) is 4.78. The molecule has 1 aliphatic rings. The predicted octanol–water partition coefficient (Wildman–Crippen LogP) is 0.358. The van der Waals surface area contributed by atoms with Crippen LogP contribution in [0.15, 0.2) is 21.6 Å². The van der Waals surface area contributed by atoms with Gasteiger partial charge in [0.25, 0.3) is 10.0 Å². The van der Waals surface area contributed by atoms with Gasteiger partial charge in [0.1, 0.15) is 5.76 Å². The fraction of sp³-hybridized carbons (Fsp3) is 0.667. The lowest BCUT2D eigenvalue weighted by Gasteiger charge is -2.13. The van der Waals surface area contributed by atoms with E-state index >= 15 is 0 Å². The molecule has 2 rings (SSSR count). The maximum atomic E-state index is 12.0. The Morgan fingerprint density at radius 3 is 2.89 bits per heavy atom. The molecule has 1 aromatic rings. The van der Waals surface area contributed by atoms with Crippen molar-refractivity contribution >= 4 is 10.0 Å². The molecule has 1 saturated heterocycles. The molecule has 1 aliphatic heterocycles. The van der Waals surface area contributed by atoms with Crippen LogP contribution in [0.25, 0.3) is 0 Å². The minimum absolute atomic E-state index is 0.0571. The van der Waals surface area contributed by atoms with Crippen molar-refractivity contribution in [2.24, 2.45) is 11.7 Å². The summed E-state index contributed by atoms with van der Waals surface area (Å²) in [5.41, 5.74) is 5.40. The monoisotopic (exact) mass is 287 g/mol. The molecule has 108 valence electrons. The highest BCUT2D eigenvalue weighted by atomic mass is 32.2. The van der Waals surface area contributed by atoms with E-state index in [9.17, 15) is 8.42 Å².